The number of hydrogen-bond donors (Lipinski definition) is 1. The number of fused-ring (bicyclic) bond motifs is 1. The molecule has 1 aromatic carbocycles. The van der Waals surface area contributed by atoms with E-state index < -0.39 is 5.24 Å². The molecule has 0 radical (unpaired) electrons. The molecule has 0 bridgehead atoms. The highest BCUT2D eigenvalue weighted by molar-refractivity contribution is 6.67. The zero-order valence-electron chi connectivity index (χ0n) is 6.84. The van der Waals surface area contributed by atoms with Gasteiger partial charge in [-0.3, -0.25) is 4.79 Å². The fraction of sp³-hybridized carbons (Fsp3) is 0.222. The molecule has 1 aliphatic heterocycles. The Balaban J connectivity index is 2.40. The number of ether oxygens (including phenoxy) is 1. The summed E-state index contributed by atoms with van der Waals surface area (Å²) >= 11 is 5.33. The highest BCUT2D eigenvalue weighted by atomic mass is 35.5. The van der Waals surface area contributed by atoms with Crippen LogP contribution in [0.25, 0.3) is 0 Å². The van der Waals surface area contributed by atoms with Crippen molar-refractivity contribution < 1.29 is 9.53 Å². The Hall–Kier alpha value is -1.22. The molecule has 0 aliphatic carbocycles. The number of benzene rings is 1. The maximum atomic E-state index is 10.8. The Morgan fingerprint density at radius 1 is 1.54 bits per heavy atom. The highest BCUT2D eigenvalue weighted by Gasteiger charge is 2.11. The minimum Gasteiger partial charge on any atom is -0.490 e. The van der Waals surface area contributed by atoms with E-state index in [1.165, 1.54) is 0 Å². The predicted octanol–water partition coefficient (Wildman–Crippen LogP) is 1.87. The molecule has 0 atom stereocenters. The van der Waals surface area contributed by atoms with Crippen LogP contribution in [-0.4, -0.2) is 18.4 Å². The summed E-state index contributed by atoms with van der Waals surface area (Å²) in [6, 6.07) is 5.12. The van der Waals surface area contributed by atoms with Gasteiger partial charge >= 0.3 is 0 Å². The second-order valence-corrected chi connectivity index (χ2v) is 3.10. The van der Waals surface area contributed by atoms with Crippen molar-refractivity contribution in [2.45, 2.75) is 0 Å². The van der Waals surface area contributed by atoms with Crippen molar-refractivity contribution in [3.8, 4) is 5.75 Å². The number of nitrogens with one attached hydrogen (secondary N) is 1. The van der Waals surface area contributed by atoms with Gasteiger partial charge in [0.1, 0.15) is 12.4 Å². The Morgan fingerprint density at radius 2 is 2.38 bits per heavy atom. The molecule has 0 fully saturated rings. The van der Waals surface area contributed by atoms with E-state index in [4.69, 9.17) is 16.3 Å². The number of carbonyl (C=O) groups excluding carboxylic acids is 1. The molecule has 1 aromatic rings. The minimum atomic E-state index is -0.461. The number of carbonyl (C=O) groups is 1. The van der Waals surface area contributed by atoms with Gasteiger partial charge in [0, 0.05) is 12.1 Å². The van der Waals surface area contributed by atoms with Crippen LogP contribution in [0.5, 0.6) is 5.75 Å². The Bertz CT molecular complexity index is 351. The smallest absolute Gasteiger partial charge is 0.252 e. The molecule has 68 valence electrons. The van der Waals surface area contributed by atoms with Crippen LogP contribution in [0.15, 0.2) is 18.2 Å². The van der Waals surface area contributed by atoms with Crippen molar-refractivity contribution in [2.24, 2.45) is 0 Å². The summed E-state index contributed by atoms with van der Waals surface area (Å²) in [5.41, 5.74) is 1.37. The Morgan fingerprint density at radius 3 is 3.15 bits per heavy atom. The molecule has 2 rings (SSSR count). The van der Waals surface area contributed by atoms with Crippen LogP contribution < -0.4 is 10.1 Å². The van der Waals surface area contributed by atoms with Crippen LogP contribution >= 0.6 is 11.6 Å². The van der Waals surface area contributed by atoms with Crippen molar-refractivity contribution in [3.63, 3.8) is 0 Å². The third-order valence-electron chi connectivity index (χ3n) is 1.88. The lowest BCUT2D eigenvalue weighted by Crippen LogP contribution is -2.18. The molecular formula is C9H8ClNO2. The van der Waals surface area contributed by atoms with Crippen LogP contribution in [0.3, 0.4) is 0 Å². The van der Waals surface area contributed by atoms with Crippen molar-refractivity contribution in [1.29, 1.82) is 0 Å². The first-order valence-corrected chi connectivity index (χ1v) is 4.36. The molecule has 4 heteroatoms. The van der Waals surface area contributed by atoms with E-state index >= 15 is 0 Å². The molecule has 0 amide bonds. The molecule has 0 aromatic heterocycles. The maximum Gasteiger partial charge on any atom is 0.252 e. The lowest BCUT2D eigenvalue weighted by Gasteiger charge is -2.18. The number of hydrogen-bond acceptors (Lipinski definition) is 3. The van der Waals surface area contributed by atoms with Gasteiger partial charge in [-0.1, -0.05) is 0 Å². The summed E-state index contributed by atoms with van der Waals surface area (Å²) in [6.45, 7) is 1.41. The topological polar surface area (TPSA) is 38.3 Å². The third kappa shape index (κ3) is 1.60. The van der Waals surface area contributed by atoms with E-state index in [9.17, 15) is 4.79 Å². The zero-order valence-corrected chi connectivity index (χ0v) is 7.60. The quantitative estimate of drug-likeness (QED) is 0.699. The lowest BCUT2D eigenvalue weighted by atomic mass is 10.2. The molecule has 0 spiro atoms. The average molecular weight is 198 g/mol. The number of rotatable bonds is 1. The van der Waals surface area contributed by atoms with Crippen molar-refractivity contribution in [3.05, 3.63) is 23.8 Å². The number of halogens is 1. The van der Waals surface area contributed by atoms with Crippen LogP contribution in [-0.2, 0) is 0 Å². The molecule has 13 heavy (non-hydrogen) atoms. The van der Waals surface area contributed by atoms with Gasteiger partial charge in [0.25, 0.3) is 5.24 Å². The van der Waals surface area contributed by atoms with Crippen molar-refractivity contribution in [1.82, 2.24) is 0 Å². The fourth-order valence-electron chi connectivity index (χ4n) is 1.26. The summed E-state index contributed by atoms with van der Waals surface area (Å²) in [7, 11) is 0. The lowest BCUT2D eigenvalue weighted by molar-refractivity contribution is 0.108. The maximum absolute atomic E-state index is 10.8. The Labute approximate surface area is 80.6 Å². The highest BCUT2D eigenvalue weighted by Crippen LogP contribution is 2.28. The van der Waals surface area contributed by atoms with E-state index in [1.807, 2.05) is 0 Å². The van der Waals surface area contributed by atoms with Gasteiger partial charge in [-0.25, -0.2) is 0 Å². The molecule has 1 aliphatic rings. The summed E-state index contributed by atoms with van der Waals surface area (Å²) in [5.74, 6) is 0.692. The molecule has 1 N–H and O–H groups in total. The second-order valence-electron chi connectivity index (χ2n) is 2.76. The standard InChI is InChI=1S/C9H8ClNO2/c10-9(12)6-1-2-7-8(5-6)13-4-3-11-7/h1-2,5,11H,3-4H2. The molecule has 0 unspecified atom stereocenters. The van der Waals surface area contributed by atoms with Crippen molar-refractivity contribution >= 4 is 22.5 Å². The Kier molecular flexibility index (Phi) is 2.10. The minimum absolute atomic E-state index is 0.461. The largest absolute Gasteiger partial charge is 0.490 e. The van der Waals surface area contributed by atoms with E-state index in [1.54, 1.807) is 18.2 Å². The normalized spacial score (nSPS) is 13.9. The first-order valence-electron chi connectivity index (χ1n) is 3.98. The van der Waals surface area contributed by atoms with Gasteiger partial charge in [-0.05, 0) is 29.8 Å². The molecular weight excluding hydrogens is 190 g/mol. The van der Waals surface area contributed by atoms with E-state index in [0.29, 0.717) is 17.9 Å². The van der Waals surface area contributed by atoms with Gasteiger partial charge in [0.05, 0.1) is 5.69 Å². The van der Waals surface area contributed by atoms with Crippen molar-refractivity contribution in [2.75, 3.05) is 18.5 Å². The first kappa shape index (κ1) is 8.38. The van der Waals surface area contributed by atoms with Gasteiger partial charge in [-0.2, -0.15) is 0 Å². The van der Waals surface area contributed by atoms with Gasteiger partial charge < -0.3 is 10.1 Å². The average Bonchev–Trinajstić information content (AvgIpc) is 2.17. The first-order chi connectivity index (χ1) is 6.27. The van der Waals surface area contributed by atoms with E-state index in [0.717, 1.165) is 12.2 Å². The molecule has 0 saturated carbocycles. The van der Waals surface area contributed by atoms with E-state index in [-0.39, 0.29) is 0 Å². The monoisotopic (exact) mass is 197 g/mol. The summed E-state index contributed by atoms with van der Waals surface area (Å²) in [5, 5.41) is 2.69. The molecule has 1 heterocycles. The molecule has 3 nitrogen and oxygen atoms in total. The zero-order chi connectivity index (χ0) is 9.26. The summed E-state index contributed by atoms with van der Waals surface area (Å²) in [6.07, 6.45) is 0. The van der Waals surface area contributed by atoms with E-state index in [2.05, 4.69) is 5.32 Å². The predicted molar refractivity (Wildman–Crippen MR) is 50.6 cm³/mol. The van der Waals surface area contributed by atoms with Crippen LogP contribution in [0, 0.1) is 0 Å². The second kappa shape index (κ2) is 3.26. The SMILES string of the molecule is O=C(Cl)c1ccc2c(c1)OCCN2. The van der Waals surface area contributed by atoms with Gasteiger partial charge in [0.15, 0.2) is 0 Å². The fourth-order valence-corrected chi connectivity index (χ4v) is 1.37. The van der Waals surface area contributed by atoms with Crippen LogP contribution in [0.4, 0.5) is 5.69 Å². The van der Waals surface area contributed by atoms with Crippen LogP contribution in [0.2, 0.25) is 0 Å². The number of anilines is 1. The third-order valence-corrected chi connectivity index (χ3v) is 2.10. The summed E-state index contributed by atoms with van der Waals surface area (Å²) < 4.78 is 5.34. The summed E-state index contributed by atoms with van der Waals surface area (Å²) in [4.78, 5) is 10.8. The van der Waals surface area contributed by atoms with Gasteiger partial charge in [-0.15, -0.1) is 0 Å². The van der Waals surface area contributed by atoms with Crippen LogP contribution in [0.1, 0.15) is 10.4 Å². The van der Waals surface area contributed by atoms with Gasteiger partial charge in [0.2, 0.25) is 0 Å². The molecule has 0 saturated heterocycles.